The van der Waals surface area contributed by atoms with Gasteiger partial charge < -0.3 is 14.2 Å². The average Bonchev–Trinajstić information content (AvgIpc) is 2.18. The quantitative estimate of drug-likeness (QED) is 0.586. The van der Waals surface area contributed by atoms with Crippen molar-refractivity contribution >= 4 is 24.6 Å². The van der Waals surface area contributed by atoms with Crippen LogP contribution in [-0.2, 0) is 23.8 Å². The molecule has 0 aromatic rings. The highest BCUT2D eigenvalue weighted by molar-refractivity contribution is 7.81. The molecule has 90 valence electrons. The Morgan fingerprint density at radius 1 is 1.38 bits per heavy atom. The van der Waals surface area contributed by atoms with Crippen LogP contribution in [0.1, 0.15) is 13.8 Å². The molecule has 1 heterocycles. The minimum absolute atomic E-state index is 0.0364. The van der Waals surface area contributed by atoms with Crippen molar-refractivity contribution in [3.05, 3.63) is 12.3 Å². The average molecular weight is 246 g/mol. The Balaban J connectivity index is 2.60. The summed E-state index contributed by atoms with van der Waals surface area (Å²) in [5.74, 6) is -0.828. The highest BCUT2D eigenvalue weighted by Crippen LogP contribution is 2.20. The number of ether oxygens (including phenoxy) is 3. The van der Waals surface area contributed by atoms with E-state index in [2.05, 4.69) is 12.6 Å². The van der Waals surface area contributed by atoms with E-state index in [-0.39, 0.29) is 11.9 Å². The third kappa shape index (κ3) is 3.77. The number of hydrogen-bond acceptors (Lipinski definition) is 6. The molecule has 1 aliphatic heterocycles. The third-order valence-corrected chi connectivity index (χ3v) is 2.45. The maximum absolute atomic E-state index is 10.9. The first kappa shape index (κ1) is 12.9. The fourth-order valence-electron chi connectivity index (χ4n) is 1.30. The van der Waals surface area contributed by atoms with Crippen molar-refractivity contribution in [3.8, 4) is 0 Å². The maximum atomic E-state index is 10.9. The summed E-state index contributed by atoms with van der Waals surface area (Å²) in [6.07, 6.45) is 2.07. The lowest BCUT2D eigenvalue weighted by Crippen LogP contribution is -2.43. The fraction of sp³-hybridized carbons (Fsp3) is 0.600. The van der Waals surface area contributed by atoms with Gasteiger partial charge >= 0.3 is 11.9 Å². The van der Waals surface area contributed by atoms with Crippen molar-refractivity contribution in [2.45, 2.75) is 31.3 Å². The molecule has 1 unspecified atom stereocenters. The summed E-state index contributed by atoms with van der Waals surface area (Å²) < 4.78 is 15.1. The van der Waals surface area contributed by atoms with E-state index >= 15 is 0 Å². The molecule has 1 rings (SSSR count). The van der Waals surface area contributed by atoms with Crippen molar-refractivity contribution in [2.24, 2.45) is 0 Å². The molecule has 0 saturated carbocycles. The van der Waals surface area contributed by atoms with E-state index in [0.717, 1.165) is 0 Å². The second-order valence-corrected chi connectivity index (χ2v) is 3.97. The molecule has 0 amide bonds. The molecule has 3 atom stereocenters. The Kier molecular flexibility index (Phi) is 4.67. The van der Waals surface area contributed by atoms with Crippen LogP contribution in [0.3, 0.4) is 0 Å². The first-order valence-electron chi connectivity index (χ1n) is 4.81. The summed E-state index contributed by atoms with van der Waals surface area (Å²) in [7, 11) is 0. The Bertz CT molecular complexity index is 302. The summed E-state index contributed by atoms with van der Waals surface area (Å²) in [5, 5.41) is -0.266. The lowest BCUT2D eigenvalue weighted by Gasteiger charge is -2.31. The van der Waals surface area contributed by atoms with Gasteiger partial charge in [0, 0.05) is 13.8 Å². The van der Waals surface area contributed by atoms with Crippen LogP contribution in [0.2, 0.25) is 0 Å². The predicted octanol–water partition coefficient (Wildman–Crippen LogP) is 0.692. The standard InChI is InChI=1S/C10H14O5S/c1-6(11)14-5-8-10(15-7(2)12)9(16)3-4-13-8/h3-4,8-10,16H,5H2,1-2H3/t8?,9-,10+/m1/s1. The van der Waals surface area contributed by atoms with Gasteiger partial charge in [0.15, 0.2) is 12.2 Å². The van der Waals surface area contributed by atoms with Crippen LogP contribution in [0.15, 0.2) is 12.3 Å². The van der Waals surface area contributed by atoms with Crippen LogP contribution >= 0.6 is 12.6 Å². The van der Waals surface area contributed by atoms with Crippen molar-refractivity contribution in [1.29, 1.82) is 0 Å². The first-order chi connectivity index (χ1) is 7.50. The predicted molar refractivity (Wildman–Crippen MR) is 59.0 cm³/mol. The lowest BCUT2D eigenvalue weighted by atomic mass is 10.1. The summed E-state index contributed by atoms with van der Waals surface area (Å²) >= 11 is 4.25. The van der Waals surface area contributed by atoms with Gasteiger partial charge in [0.25, 0.3) is 0 Å². The molecule has 16 heavy (non-hydrogen) atoms. The van der Waals surface area contributed by atoms with Gasteiger partial charge in [0.05, 0.1) is 11.5 Å². The van der Waals surface area contributed by atoms with E-state index in [1.54, 1.807) is 6.08 Å². The number of esters is 2. The smallest absolute Gasteiger partial charge is 0.303 e. The summed E-state index contributed by atoms with van der Waals surface area (Å²) in [5.41, 5.74) is 0. The summed E-state index contributed by atoms with van der Waals surface area (Å²) in [6.45, 7) is 2.65. The van der Waals surface area contributed by atoms with Crippen molar-refractivity contribution in [2.75, 3.05) is 6.61 Å². The van der Waals surface area contributed by atoms with Crippen molar-refractivity contribution < 1.29 is 23.8 Å². The molecule has 0 saturated heterocycles. The van der Waals surface area contributed by atoms with Crippen LogP contribution in [0.4, 0.5) is 0 Å². The Labute approximate surface area is 99.1 Å². The molecule has 1 aliphatic rings. The maximum Gasteiger partial charge on any atom is 0.303 e. The monoisotopic (exact) mass is 246 g/mol. The lowest BCUT2D eigenvalue weighted by molar-refractivity contribution is -0.159. The molecular weight excluding hydrogens is 232 g/mol. The highest BCUT2D eigenvalue weighted by atomic mass is 32.1. The molecule has 5 nitrogen and oxygen atoms in total. The molecule has 0 aliphatic carbocycles. The van der Waals surface area contributed by atoms with E-state index < -0.39 is 24.1 Å². The fourth-order valence-corrected chi connectivity index (χ4v) is 1.63. The second kappa shape index (κ2) is 5.79. The van der Waals surface area contributed by atoms with Gasteiger partial charge in [-0.3, -0.25) is 9.59 Å². The molecule has 0 bridgehead atoms. The normalized spacial score (nSPS) is 28.1. The number of carbonyl (C=O) groups excluding carboxylic acids is 2. The van der Waals surface area contributed by atoms with Gasteiger partial charge in [-0.05, 0) is 6.08 Å². The van der Waals surface area contributed by atoms with Crippen LogP contribution in [0.5, 0.6) is 0 Å². The number of thiol groups is 1. The second-order valence-electron chi connectivity index (χ2n) is 3.37. The minimum Gasteiger partial charge on any atom is -0.491 e. The third-order valence-electron chi connectivity index (χ3n) is 1.99. The van der Waals surface area contributed by atoms with Crippen molar-refractivity contribution in [1.82, 2.24) is 0 Å². The van der Waals surface area contributed by atoms with Crippen LogP contribution in [0.25, 0.3) is 0 Å². The van der Waals surface area contributed by atoms with E-state index in [1.807, 2.05) is 0 Å². The van der Waals surface area contributed by atoms with Gasteiger partial charge in [-0.1, -0.05) is 0 Å². The minimum atomic E-state index is -0.551. The van der Waals surface area contributed by atoms with E-state index in [4.69, 9.17) is 14.2 Å². The van der Waals surface area contributed by atoms with Crippen LogP contribution in [-0.4, -0.2) is 36.0 Å². The number of carbonyl (C=O) groups is 2. The van der Waals surface area contributed by atoms with E-state index in [1.165, 1.54) is 20.1 Å². The van der Waals surface area contributed by atoms with Gasteiger partial charge in [-0.2, -0.15) is 12.6 Å². The Hall–Kier alpha value is -1.17. The van der Waals surface area contributed by atoms with E-state index in [0.29, 0.717) is 0 Å². The van der Waals surface area contributed by atoms with Crippen LogP contribution < -0.4 is 0 Å². The molecule has 0 aromatic carbocycles. The molecule has 0 radical (unpaired) electrons. The number of hydrogen-bond donors (Lipinski definition) is 1. The Morgan fingerprint density at radius 2 is 2.06 bits per heavy atom. The molecule has 0 aromatic heterocycles. The zero-order valence-corrected chi connectivity index (χ0v) is 9.98. The molecule has 6 heteroatoms. The topological polar surface area (TPSA) is 61.8 Å². The van der Waals surface area contributed by atoms with Crippen LogP contribution in [0, 0.1) is 0 Å². The summed E-state index contributed by atoms with van der Waals surface area (Å²) in [6, 6.07) is 0. The summed E-state index contributed by atoms with van der Waals surface area (Å²) in [4.78, 5) is 21.6. The molecule has 0 fully saturated rings. The van der Waals surface area contributed by atoms with Gasteiger partial charge in [-0.15, -0.1) is 0 Å². The highest BCUT2D eigenvalue weighted by Gasteiger charge is 2.33. The molecular formula is C10H14O5S. The first-order valence-corrected chi connectivity index (χ1v) is 5.33. The SMILES string of the molecule is CC(=O)OCC1OC=C[C@@H](S)[C@H]1OC(C)=O. The largest absolute Gasteiger partial charge is 0.491 e. The van der Waals surface area contributed by atoms with Gasteiger partial charge in [0.2, 0.25) is 0 Å². The molecule has 0 N–H and O–H groups in total. The Morgan fingerprint density at radius 3 is 2.62 bits per heavy atom. The van der Waals surface area contributed by atoms with E-state index in [9.17, 15) is 9.59 Å². The van der Waals surface area contributed by atoms with Crippen molar-refractivity contribution in [3.63, 3.8) is 0 Å². The van der Waals surface area contributed by atoms with Gasteiger partial charge in [0.1, 0.15) is 6.61 Å². The zero-order chi connectivity index (χ0) is 12.1. The number of rotatable bonds is 3. The van der Waals surface area contributed by atoms with Gasteiger partial charge in [-0.25, -0.2) is 0 Å². The zero-order valence-electron chi connectivity index (χ0n) is 9.08. The molecule has 0 spiro atoms.